The van der Waals surface area contributed by atoms with Gasteiger partial charge in [0.15, 0.2) is 0 Å². The van der Waals surface area contributed by atoms with Gasteiger partial charge in [0.1, 0.15) is 11.6 Å². The van der Waals surface area contributed by atoms with Gasteiger partial charge in [-0.2, -0.15) is 0 Å². The largest absolute Gasteiger partial charge is 0.481 e. The van der Waals surface area contributed by atoms with Crippen molar-refractivity contribution in [1.82, 2.24) is 4.90 Å². The SMILES string of the molecule is C/C(=C\c1ccc(C(=O)Oc2ccc(C(=N)N)cc2)cc1)C(=O)N(CCC(=O)O)C1CCCCC1. The summed E-state index contributed by atoms with van der Waals surface area (Å²) in [5, 5.41) is 16.5. The molecule has 3 rings (SSSR count). The van der Waals surface area contributed by atoms with E-state index in [1.807, 2.05) is 0 Å². The molecule has 1 fully saturated rings. The van der Waals surface area contributed by atoms with E-state index in [1.54, 1.807) is 66.4 Å². The molecular weight excluding hydrogens is 446 g/mol. The molecule has 0 saturated heterocycles. The van der Waals surface area contributed by atoms with Gasteiger partial charge in [-0.15, -0.1) is 0 Å². The van der Waals surface area contributed by atoms with Gasteiger partial charge in [-0.1, -0.05) is 31.4 Å². The smallest absolute Gasteiger partial charge is 0.343 e. The Morgan fingerprint density at radius 1 is 1.03 bits per heavy atom. The second kappa shape index (κ2) is 12.0. The van der Waals surface area contributed by atoms with Crippen LogP contribution >= 0.6 is 0 Å². The minimum Gasteiger partial charge on any atom is -0.481 e. The Morgan fingerprint density at radius 3 is 2.20 bits per heavy atom. The summed E-state index contributed by atoms with van der Waals surface area (Å²) in [6.07, 6.45) is 6.69. The fraction of sp³-hybridized carbons (Fsp3) is 0.333. The molecule has 8 heteroatoms. The number of esters is 1. The predicted octanol–water partition coefficient (Wildman–Crippen LogP) is 4.23. The van der Waals surface area contributed by atoms with E-state index in [4.69, 9.17) is 21.0 Å². The van der Waals surface area contributed by atoms with E-state index in [2.05, 4.69) is 0 Å². The zero-order chi connectivity index (χ0) is 25.4. The molecule has 0 atom stereocenters. The van der Waals surface area contributed by atoms with E-state index >= 15 is 0 Å². The maximum absolute atomic E-state index is 13.2. The van der Waals surface area contributed by atoms with E-state index in [0.717, 1.165) is 37.7 Å². The summed E-state index contributed by atoms with van der Waals surface area (Å²) < 4.78 is 5.36. The summed E-state index contributed by atoms with van der Waals surface area (Å²) in [6.45, 7) is 1.92. The Hall–Kier alpha value is -3.94. The van der Waals surface area contributed by atoms with Gasteiger partial charge in [0, 0.05) is 23.7 Å². The van der Waals surface area contributed by atoms with Crippen LogP contribution in [-0.2, 0) is 9.59 Å². The third kappa shape index (κ3) is 7.27. The topological polar surface area (TPSA) is 134 Å². The van der Waals surface area contributed by atoms with Crippen molar-refractivity contribution >= 4 is 29.8 Å². The Morgan fingerprint density at radius 2 is 1.63 bits per heavy atom. The molecule has 0 bridgehead atoms. The highest BCUT2D eigenvalue weighted by Crippen LogP contribution is 2.25. The predicted molar refractivity (Wildman–Crippen MR) is 133 cm³/mol. The number of carboxylic acid groups (broad SMARTS) is 1. The maximum atomic E-state index is 13.2. The van der Waals surface area contributed by atoms with E-state index in [0.29, 0.717) is 22.4 Å². The number of nitrogens with zero attached hydrogens (tertiary/aromatic N) is 1. The number of benzene rings is 2. The zero-order valence-electron chi connectivity index (χ0n) is 19.8. The van der Waals surface area contributed by atoms with Crippen LogP contribution in [0.15, 0.2) is 54.1 Å². The molecule has 2 aromatic rings. The van der Waals surface area contributed by atoms with Gasteiger partial charge >= 0.3 is 11.9 Å². The third-order valence-corrected chi connectivity index (χ3v) is 6.09. The van der Waals surface area contributed by atoms with E-state index in [1.165, 1.54) is 0 Å². The molecule has 184 valence electrons. The average molecular weight is 478 g/mol. The summed E-state index contributed by atoms with van der Waals surface area (Å²) in [5.74, 6) is -1.33. The monoisotopic (exact) mass is 477 g/mol. The third-order valence-electron chi connectivity index (χ3n) is 6.09. The van der Waals surface area contributed by atoms with E-state index in [9.17, 15) is 14.4 Å². The number of carboxylic acids is 1. The zero-order valence-corrected chi connectivity index (χ0v) is 19.8. The fourth-order valence-corrected chi connectivity index (χ4v) is 4.18. The second-order valence-corrected chi connectivity index (χ2v) is 8.71. The quantitative estimate of drug-likeness (QED) is 0.163. The number of carbonyl (C=O) groups is 3. The van der Waals surface area contributed by atoms with Gasteiger partial charge in [0.05, 0.1) is 12.0 Å². The fourth-order valence-electron chi connectivity index (χ4n) is 4.18. The molecule has 1 amide bonds. The first-order valence-electron chi connectivity index (χ1n) is 11.7. The van der Waals surface area contributed by atoms with Crippen molar-refractivity contribution in [1.29, 1.82) is 5.41 Å². The lowest BCUT2D eigenvalue weighted by molar-refractivity contribution is -0.138. The van der Waals surface area contributed by atoms with Crippen molar-refractivity contribution < 1.29 is 24.2 Å². The van der Waals surface area contributed by atoms with Crippen LogP contribution in [0.2, 0.25) is 0 Å². The lowest BCUT2D eigenvalue weighted by Gasteiger charge is -2.34. The van der Waals surface area contributed by atoms with Gasteiger partial charge in [-0.3, -0.25) is 15.0 Å². The highest BCUT2D eigenvalue weighted by Gasteiger charge is 2.26. The van der Waals surface area contributed by atoms with Gasteiger partial charge in [-0.25, -0.2) is 4.79 Å². The van der Waals surface area contributed by atoms with Crippen molar-refractivity contribution in [3.63, 3.8) is 0 Å². The summed E-state index contributed by atoms with van der Waals surface area (Å²) >= 11 is 0. The molecule has 35 heavy (non-hydrogen) atoms. The Kier molecular flexibility index (Phi) is 8.78. The van der Waals surface area contributed by atoms with Gasteiger partial charge in [0.2, 0.25) is 5.91 Å². The van der Waals surface area contributed by atoms with Crippen molar-refractivity contribution in [2.45, 2.75) is 51.5 Å². The number of nitrogens with one attached hydrogen (secondary N) is 1. The van der Waals surface area contributed by atoms with E-state index < -0.39 is 11.9 Å². The van der Waals surface area contributed by atoms with Crippen LogP contribution in [0.4, 0.5) is 0 Å². The first kappa shape index (κ1) is 25.7. The van der Waals surface area contributed by atoms with Crippen LogP contribution in [0.3, 0.4) is 0 Å². The summed E-state index contributed by atoms with van der Waals surface area (Å²) in [5.41, 5.74) is 7.59. The van der Waals surface area contributed by atoms with Crippen LogP contribution in [0.1, 0.15) is 66.9 Å². The lowest BCUT2D eigenvalue weighted by atomic mass is 9.93. The first-order chi connectivity index (χ1) is 16.7. The molecule has 8 nitrogen and oxygen atoms in total. The van der Waals surface area contributed by atoms with Crippen molar-refractivity contribution in [3.8, 4) is 5.75 Å². The standard InChI is InChI=1S/C27H31N3O5/c1-18(26(33)30(16-15-24(31)32)22-5-3-2-4-6-22)17-19-7-9-21(10-8-19)27(34)35-23-13-11-20(12-14-23)25(28)29/h7-14,17,22H,2-6,15-16H2,1H3,(H3,28,29)(H,31,32)/b18-17+. The minimum absolute atomic E-state index is 0.0657. The van der Waals surface area contributed by atoms with Gasteiger partial charge in [0.25, 0.3) is 0 Å². The number of ether oxygens (including phenoxy) is 1. The lowest BCUT2D eigenvalue weighted by Crippen LogP contribution is -2.43. The molecule has 4 N–H and O–H groups in total. The maximum Gasteiger partial charge on any atom is 0.343 e. The van der Waals surface area contributed by atoms with Crippen LogP contribution in [0, 0.1) is 5.41 Å². The van der Waals surface area contributed by atoms with Crippen molar-refractivity contribution in [2.75, 3.05) is 6.54 Å². The van der Waals surface area contributed by atoms with E-state index in [-0.39, 0.29) is 30.8 Å². The number of hydrogen-bond donors (Lipinski definition) is 3. The molecule has 2 aromatic carbocycles. The number of hydrogen-bond acceptors (Lipinski definition) is 5. The number of nitrogens with two attached hydrogens (primary N) is 1. The summed E-state index contributed by atoms with van der Waals surface area (Å²) in [6, 6.07) is 13.1. The van der Waals surface area contributed by atoms with Crippen LogP contribution in [0.5, 0.6) is 5.75 Å². The van der Waals surface area contributed by atoms with Gasteiger partial charge < -0.3 is 20.5 Å². The molecule has 0 aliphatic heterocycles. The molecule has 0 radical (unpaired) electrons. The summed E-state index contributed by atoms with van der Waals surface area (Å²) in [7, 11) is 0. The molecule has 1 aliphatic rings. The molecule has 0 spiro atoms. The molecular formula is C27H31N3O5. The number of amidine groups is 1. The Labute approximate surface area is 204 Å². The second-order valence-electron chi connectivity index (χ2n) is 8.71. The number of nitrogen functional groups attached to an aromatic ring is 1. The van der Waals surface area contributed by atoms with Crippen molar-refractivity contribution in [3.05, 3.63) is 70.8 Å². The summed E-state index contributed by atoms with van der Waals surface area (Å²) in [4.78, 5) is 38.4. The van der Waals surface area contributed by atoms with Crippen molar-refractivity contribution in [2.24, 2.45) is 5.73 Å². The van der Waals surface area contributed by atoms with Crippen LogP contribution in [0.25, 0.3) is 6.08 Å². The number of carbonyl (C=O) groups excluding carboxylic acids is 2. The minimum atomic E-state index is -0.919. The highest BCUT2D eigenvalue weighted by atomic mass is 16.5. The molecule has 1 aliphatic carbocycles. The molecule has 0 heterocycles. The Balaban J connectivity index is 1.67. The molecule has 0 aromatic heterocycles. The highest BCUT2D eigenvalue weighted by molar-refractivity contribution is 5.98. The molecule has 1 saturated carbocycles. The normalized spacial score (nSPS) is 14.3. The Bertz CT molecular complexity index is 1100. The number of rotatable bonds is 9. The van der Waals surface area contributed by atoms with Crippen LogP contribution < -0.4 is 10.5 Å². The average Bonchev–Trinajstić information content (AvgIpc) is 2.85. The molecule has 0 unspecified atom stereocenters. The first-order valence-corrected chi connectivity index (χ1v) is 11.7. The van der Waals surface area contributed by atoms with Gasteiger partial charge in [-0.05, 0) is 67.8 Å². The number of amides is 1. The van der Waals surface area contributed by atoms with Crippen LogP contribution in [-0.4, -0.2) is 46.3 Å². The number of aliphatic carboxylic acids is 1.